The molecule has 47 heteroatoms. The van der Waals surface area contributed by atoms with Crippen molar-refractivity contribution in [2.24, 2.45) is 0 Å². The molecule has 0 spiro atoms. The summed E-state index contributed by atoms with van der Waals surface area (Å²) in [6.07, 6.45) is -4.43. The van der Waals surface area contributed by atoms with E-state index in [1.807, 2.05) is 113 Å². The first kappa shape index (κ1) is 127. The third-order valence-electron chi connectivity index (χ3n) is 11.3. The molecule has 0 bridgehead atoms. The average Bonchev–Trinajstić information content (AvgIpc) is 0.795. The Kier molecular flexibility index (Phi) is 79.7. The molecule has 0 aliphatic carbocycles. The van der Waals surface area contributed by atoms with Crippen LogP contribution in [-0.2, 0) is 91.3 Å². The fourth-order valence-corrected chi connectivity index (χ4v) is 16.3. The minimum Gasteiger partial charge on any atom is -0.479 e. The molecule has 0 aliphatic heterocycles. The second-order valence-corrected chi connectivity index (χ2v) is 39.4. The second kappa shape index (κ2) is 75.7. The Morgan fingerprint density at radius 1 is 0.405 bits per heavy atom. The van der Waals surface area contributed by atoms with E-state index in [0.717, 1.165) is 12.9 Å². The highest BCUT2D eigenvalue weighted by Gasteiger charge is 2.32. The summed E-state index contributed by atoms with van der Waals surface area (Å²) >= 11 is 53.9. The van der Waals surface area contributed by atoms with Crippen molar-refractivity contribution in [3.63, 3.8) is 0 Å². The van der Waals surface area contributed by atoms with Crippen LogP contribution in [0.25, 0.3) is 9.69 Å². The third kappa shape index (κ3) is 72.3. The molecule has 0 aromatic heterocycles. The number of rotatable bonds is 24. The SMILES string of the molecule is CCOC(=S)SC(C)C(=O)OC.CCOC(=S)SC(C)C(=O)OC.CCOC(=S)SC(C)c1ccccc1.CCOC(=S)SCc1ccccc1.COC(=O)C(C)SC(=S)OC(C)(C)C.COC(=O)C(C)SC(=S)OCC(F)(F)F.COC(=O)C(C)SC(=S)Oc1c(F)c(F)c(F)c(F)c1F.[C-]#[N+]C(C)(C)SC(=S)OCC.[C-]#[N+]CSC(=S)OCC. The summed E-state index contributed by atoms with van der Waals surface area (Å²) in [5, 5.41) is -2.13. The maximum atomic E-state index is 13.3. The van der Waals surface area contributed by atoms with Gasteiger partial charge >= 0.3 is 36.0 Å². The van der Waals surface area contributed by atoms with Crippen molar-refractivity contribution in [2.75, 3.05) is 87.7 Å². The summed E-state index contributed by atoms with van der Waals surface area (Å²) in [6, 6.07) is 20.5. The number of carbonyl (C=O) groups is 5. The molecule has 0 N–H and O–H groups in total. The van der Waals surface area contributed by atoms with Crippen LogP contribution in [0.3, 0.4) is 0 Å². The van der Waals surface area contributed by atoms with Crippen molar-refractivity contribution >= 4 is 285 Å². The summed E-state index contributed by atoms with van der Waals surface area (Å²) in [4.78, 5) is 60.8. The highest BCUT2D eigenvalue weighted by atomic mass is 32.2. The van der Waals surface area contributed by atoms with E-state index >= 15 is 0 Å². The number of hydrogen-bond acceptors (Lipinski definition) is 37. The van der Waals surface area contributed by atoms with Crippen LogP contribution in [0.1, 0.15) is 134 Å². The summed E-state index contributed by atoms with van der Waals surface area (Å²) in [6.45, 7) is 46.1. The summed E-state index contributed by atoms with van der Waals surface area (Å²) in [5.41, 5.74) is 2.23. The lowest BCUT2D eigenvalue weighted by atomic mass is 10.2. The first-order valence-electron chi connectivity index (χ1n) is 34.7. The Hall–Kier alpha value is -4.41. The molecule has 0 saturated carbocycles. The molecule has 0 heterocycles. The number of ether oxygens (including phenoxy) is 14. The van der Waals surface area contributed by atoms with Crippen LogP contribution in [-0.4, -0.2) is 200 Å². The lowest BCUT2D eigenvalue weighted by Gasteiger charge is -2.21. The predicted molar refractivity (Wildman–Crippen MR) is 516 cm³/mol. The van der Waals surface area contributed by atoms with Crippen LogP contribution < -0.4 is 4.74 Å². The lowest BCUT2D eigenvalue weighted by molar-refractivity contribution is -0.155. The van der Waals surface area contributed by atoms with Gasteiger partial charge in [0.15, 0.2) is 6.61 Å². The van der Waals surface area contributed by atoms with E-state index in [9.17, 15) is 59.1 Å². The molecule has 6 atom stereocenters. The van der Waals surface area contributed by atoms with Crippen molar-refractivity contribution in [3.8, 4) is 5.75 Å². The molecule has 3 aromatic rings. The highest BCUT2D eigenvalue weighted by molar-refractivity contribution is 8.26. The van der Waals surface area contributed by atoms with Crippen LogP contribution in [0, 0.1) is 42.2 Å². The number of esters is 5. The predicted octanol–water partition coefficient (Wildman–Crippen LogP) is 22.7. The quantitative estimate of drug-likeness (QED) is 0.0155. The van der Waals surface area contributed by atoms with Gasteiger partial charge in [0, 0.05) is 48.4 Å². The molecule has 121 heavy (non-hydrogen) atoms. The maximum absolute atomic E-state index is 13.3. The Labute approximate surface area is 791 Å². The van der Waals surface area contributed by atoms with Crippen LogP contribution in [0.5, 0.6) is 5.75 Å². The van der Waals surface area contributed by atoms with Gasteiger partial charge in [0.25, 0.3) is 10.7 Å². The van der Waals surface area contributed by atoms with Gasteiger partial charge in [-0.1, -0.05) is 143 Å². The average molecular weight is 2050 g/mol. The minimum absolute atomic E-state index is 0.290. The Morgan fingerprint density at radius 3 is 1.02 bits per heavy atom. The van der Waals surface area contributed by atoms with Gasteiger partial charge in [-0.15, -0.1) is 0 Å². The zero-order valence-corrected chi connectivity index (χ0v) is 84.8. The zero-order chi connectivity index (χ0) is 94.8. The number of nitrogens with zero attached hydrogens (tertiary/aromatic N) is 2. The fourth-order valence-electron chi connectivity index (χ4n) is 5.91. The first-order chi connectivity index (χ1) is 56.3. The highest BCUT2D eigenvalue weighted by Crippen LogP contribution is 2.33. The number of thioether (sulfide) groups is 9. The molecule has 3 rings (SSSR count). The second-order valence-electron chi connectivity index (χ2n) is 22.4. The van der Waals surface area contributed by atoms with E-state index in [1.165, 1.54) is 112 Å². The van der Waals surface area contributed by atoms with E-state index in [-0.39, 0.29) is 43.6 Å². The van der Waals surface area contributed by atoms with Crippen molar-refractivity contribution in [1.29, 1.82) is 0 Å². The molecule has 21 nitrogen and oxygen atoms in total. The third-order valence-corrected chi connectivity index (χ3v) is 22.4. The molecule has 684 valence electrons. The molecule has 0 saturated heterocycles. The smallest absolute Gasteiger partial charge is 0.422 e. The van der Waals surface area contributed by atoms with Gasteiger partial charge in [0.1, 0.15) is 31.9 Å². The van der Waals surface area contributed by atoms with Crippen LogP contribution in [0.4, 0.5) is 35.1 Å². The number of benzene rings is 3. The van der Waals surface area contributed by atoms with E-state index in [1.54, 1.807) is 44.3 Å². The lowest BCUT2D eigenvalue weighted by Crippen LogP contribution is -2.24. The van der Waals surface area contributed by atoms with Gasteiger partial charge in [-0.3, -0.25) is 28.8 Å². The van der Waals surface area contributed by atoms with Gasteiger partial charge in [-0.25, -0.2) is 26.3 Å². The van der Waals surface area contributed by atoms with Crippen molar-refractivity contribution in [2.45, 2.75) is 172 Å². The number of carbonyl (C=O) groups excluding carboxylic acids is 5. The van der Waals surface area contributed by atoms with Crippen LogP contribution >= 0.6 is 216 Å². The molecular formula is C74H100F8N2O19S18. The summed E-state index contributed by atoms with van der Waals surface area (Å²) < 4.78 is 169. The summed E-state index contributed by atoms with van der Waals surface area (Å²) in [7, 11) is 6.34. The van der Waals surface area contributed by atoms with Gasteiger partial charge in [-0.05, 0) is 225 Å². The van der Waals surface area contributed by atoms with Gasteiger partial charge in [0.05, 0.1) is 75.2 Å². The van der Waals surface area contributed by atoms with E-state index in [0.29, 0.717) is 105 Å². The first-order valence-corrected chi connectivity index (χ1v) is 46.4. The maximum Gasteiger partial charge on any atom is 0.422 e. The van der Waals surface area contributed by atoms with Gasteiger partial charge in [-0.2, -0.15) is 22.0 Å². The topological polar surface area (TPSA) is 223 Å². The van der Waals surface area contributed by atoms with Crippen molar-refractivity contribution < 1.29 is 125 Å². The van der Waals surface area contributed by atoms with Crippen LogP contribution in [0.15, 0.2) is 60.7 Å². The standard InChI is InChI=1S/C11H7F5O3S2.C11H14OS2.C10H12OS2.C9H16O3S2.C7H9F3O3S2.C7H11NOS2.2C7H12O3S2.C5H7NOS2/c1-3(10(17)18-2)21-11(20)19-9-7(15)5(13)4(12)6(14)8(9)16;1-3-12-11(13)14-9(2)10-7-5-4-6-8-10;1-2-11-10(12)13-8-9-6-4-3-5-7-9;1-6(7(10)11-5)14-8(13)12-9(2,3)4;1-4(5(11)12-2)15-6(14)13-3-7(8,9)10;1-5-9-6(10)11-7(2,3)8-4;2*1-4-10-7(11)12-5(2)6(8)9-3;1-3-7-5(8)9-4-6-2/h3H,1-2H3;4-9H,3H2,1-2H3;3-7H,2,8H2,1H3;6H,1-5H3;4H,3H2,1-2H3;5H2,1-3H3;2*5H,4H2,1-3H3;3-4H2,1H3. The Morgan fingerprint density at radius 2 is 0.702 bits per heavy atom. The number of halogens is 8. The van der Waals surface area contributed by atoms with Gasteiger partial charge < -0.3 is 71.2 Å². The Bertz CT molecular complexity index is 3660. The normalized spacial score (nSPS) is 11.6. The zero-order valence-electron chi connectivity index (χ0n) is 70.1. The Balaban J connectivity index is -0.000000310. The van der Waals surface area contributed by atoms with E-state index in [2.05, 4.69) is 98.5 Å². The molecule has 0 aliphatic rings. The monoisotopic (exact) mass is 2050 g/mol. The summed E-state index contributed by atoms with van der Waals surface area (Å²) in [5.74, 6) is -13.4. The van der Waals surface area contributed by atoms with Crippen molar-refractivity contribution in [3.05, 3.63) is 124 Å². The fraction of sp³-hybridized carbons (Fsp3) is 0.541. The molecule has 0 radical (unpaired) electrons. The van der Waals surface area contributed by atoms with Crippen molar-refractivity contribution in [1.82, 2.24) is 0 Å². The molecule has 0 fully saturated rings. The number of alkyl halides is 3. The van der Waals surface area contributed by atoms with Crippen LogP contribution in [0.2, 0.25) is 0 Å². The molecule has 0 amide bonds. The van der Waals surface area contributed by atoms with E-state index < -0.39 is 79.3 Å². The molecule has 6 unspecified atom stereocenters. The molecular weight excluding hydrogens is 1950 g/mol. The van der Waals surface area contributed by atoms with Gasteiger partial charge in [0.2, 0.25) is 74.3 Å². The van der Waals surface area contributed by atoms with E-state index in [4.69, 9.17) is 132 Å². The largest absolute Gasteiger partial charge is 0.479 e. The number of hydrogen-bond donors (Lipinski definition) is 0. The number of methoxy groups -OCH3 is 5. The number of thiocarbonyl (C=S) groups is 9. The molecule has 3 aromatic carbocycles. The minimum atomic E-state index is -4.43.